The Balaban J connectivity index is 2.25. The molecule has 2 atom stereocenters. The van der Waals surface area contributed by atoms with Crippen LogP contribution in [0.5, 0.6) is 0 Å². The molecule has 0 aromatic heterocycles. The van der Waals surface area contributed by atoms with Gasteiger partial charge in [0.1, 0.15) is 11.9 Å². The molecule has 0 bridgehead atoms. The summed E-state index contributed by atoms with van der Waals surface area (Å²) in [7, 11) is 0. The van der Waals surface area contributed by atoms with Crippen LogP contribution >= 0.6 is 0 Å². The molecule has 2 amide bonds. The van der Waals surface area contributed by atoms with E-state index in [1.54, 1.807) is 4.90 Å². The van der Waals surface area contributed by atoms with Crippen molar-refractivity contribution in [3.63, 3.8) is 0 Å². The van der Waals surface area contributed by atoms with E-state index in [9.17, 15) is 23.9 Å². The Bertz CT molecular complexity index is 678. The number of amides is 2. The first-order valence-corrected chi connectivity index (χ1v) is 8.74. The zero-order valence-electron chi connectivity index (χ0n) is 14.8. The summed E-state index contributed by atoms with van der Waals surface area (Å²) in [4.78, 5) is 35.6. The van der Waals surface area contributed by atoms with E-state index >= 15 is 0 Å². The molecule has 1 saturated heterocycles. The molecule has 1 aromatic rings. The van der Waals surface area contributed by atoms with Crippen molar-refractivity contribution in [2.75, 3.05) is 26.2 Å². The van der Waals surface area contributed by atoms with Crippen LogP contribution in [-0.4, -0.2) is 65.7 Å². The number of aliphatic carboxylic acids is 1. The molecule has 9 heteroatoms. The van der Waals surface area contributed by atoms with E-state index in [0.717, 1.165) is 25.3 Å². The second kappa shape index (κ2) is 9.98. The van der Waals surface area contributed by atoms with Crippen LogP contribution in [0.25, 0.3) is 0 Å². The molecule has 1 fully saturated rings. The van der Waals surface area contributed by atoms with E-state index in [-0.39, 0.29) is 24.3 Å². The van der Waals surface area contributed by atoms with Gasteiger partial charge < -0.3 is 25.2 Å². The second-order valence-electron chi connectivity index (χ2n) is 6.24. The van der Waals surface area contributed by atoms with E-state index in [4.69, 9.17) is 9.84 Å². The van der Waals surface area contributed by atoms with Crippen LogP contribution in [0.2, 0.25) is 0 Å². The number of carbonyl (C=O) groups excluding carboxylic acids is 2. The molecule has 8 nitrogen and oxygen atoms in total. The van der Waals surface area contributed by atoms with E-state index in [1.807, 2.05) is 0 Å². The highest BCUT2D eigenvalue weighted by Gasteiger charge is 2.30. The molecule has 1 heterocycles. The minimum Gasteiger partial charge on any atom is -0.479 e. The minimum atomic E-state index is -1.91. The average molecular weight is 382 g/mol. The van der Waals surface area contributed by atoms with Gasteiger partial charge >= 0.3 is 5.97 Å². The van der Waals surface area contributed by atoms with Crippen LogP contribution in [0.1, 0.15) is 41.3 Å². The van der Waals surface area contributed by atoms with Gasteiger partial charge in [-0.25, -0.2) is 9.18 Å². The number of aliphatic hydroxyl groups is 1. The molecule has 1 aromatic carbocycles. The predicted molar refractivity (Wildman–Crippen MR) is 92.6 cm³/mol. The third kappa shape index (κ3) is 5.48. The van der Waals surface area contributed by atoms with Gasteiger partial charge in [-0.3, -0.25) is 9.59 Å². The number of nitrogens with zero attached hydrogens (tertiary/aromatic N) is 1. The van der Waals surface area contributed by atoms with Crippen LogP contribution in [-0.2, 0) is 14.3 Å². The number of carboxylic acid groups (broad SMARTS) is 1. The molecule has 0 spiro atoms. The first kappa shape index (κ1) is 20.8. The predicted octanol–water partition coefficient (Wildman–Crippen LogP) is 0.701. The average Bonchev–Trinajstić information content (AvgIpc) is 2.68. The fourth-order valence-electron chi connectivity index (χ4n) is 2.95. The summed E-state index contributed by atoms with van der Waals surface area (Å²) >= 11 is 0. The SMILES string of the molecule is O=CNCCOC(c1ccc(F)c(C(=O)N2CCCCC2)c1)C(O)C(=O)O. The zero-order valence-corrected chi connectivity index (χ0v) is 14.8. The smallest absolute Gasteiger partial charge is 0.335 e. The molecule has 0 saturated carbocycles. The molecule has 1 aliphatic heterocycles. The van der Waals surface area contributed by atoms with Crippen molar-refractivity contribution in [2.45, 2.75) is 31.5 Å². The number of nitrogens with one attached hydrogen (secondary N) is 1. The lowest BCUT2D eigenvalue weighted by atomic mass is 10.00. The van der Waals surface area contributed by atoms with Gasteiger partial charge in [-0.1, -0.05) is 6.07 Å². The standard InChI is InChI=1S/C18H23FN2O6/c19-14-5-4-12(10-13(14)17(24)21-7-2-1-3-8-21)16(15(23)18(25)26)27-9-6-20-11-22/h4-5,10-11,15-16,23H,1-3,6-9H2,(H,20,22)(H,25,26). The maximum Gasteiger partial charge on any atom is 0.335 e. The zero-order chi connectivity index (χ0) is 19.8. The molecular formula is C18H23FN2O6. The molecule has 27 heavy (non-hydrogen) atoms. The van der Waals surface area contributed by atoms with Gasteiger partial charge in [0.2, 0.25) is 6.41 Å². The van der Waals surface area contributed by atoms with Crippen molar-refractivity contribution >= 4 is 18.3 Å². The fourth-order valence-corrected chi connectivity index (χ4v) is 2.95. The molecule has 3 N–H and O–H groups in total. The van der Waals surface area contributed by atoms with Gasteiger partial charge in [-0.15, -0.1) is 0 Å². The van der Waals surface area contributed by atoms with Crippen molar-refractivity contribution < 1.29 is 33.7 Å². The highest BCUT2D eigenvalue weighted by Crippen LogP contribution is 2.25. The first-order chi connectivity index (χ1) is 13.0. The number of hydrogen-bond acceptors (Lipinski definition) is 5. The molecule has 2 rings (SSSR count). The number of hydrogen-bond donors (Lipinski definition) is 3. The summed E-state index contributed by atoms with van der Waals surface area (Å²) in [5.74, 6) is -2.71. The molecule has 0 aliphatic carbocycles. The third-order valence-corrected chi connectivity index (χ3v) is 4.36. The molecule has 2 unspecified atom stereocenters. The Morgan fingerprint density at radius 3 is 2.63 bits per heavy atom. The number of aliphatic hydroxyl groups excluding tert-OH is 1. The fraction of sp³-hybridized carbons (Fsp3) is 0.500. The van der Waals surface area contributed by atoms with E-state index < -0.39 is 29.9 Å². The Morgan fingerprint density at radius 2 is 2.00 bits per heavy atom. The summed E-state index contributed by atoms with van der Waals surface area (Å²) in [6.07, 6.45) is -0.0594. The number of halogens is 1. The van der Waals surface area contributed by atoms with Crippen molar-refractivity contribution in [3.05, 3.63) is 35.1 Å². The number of likely N-dealkylation sites (tertiary alicyclic amines) is 1. The molecular weight excluding hydrogens is 359 g/mol. The maximum atomic E-state index is 14.2. The minimum absolute atomic E-state index is 0.0689. The lowest BCUT2D eigenvalue weighted by molar-refractivity contribution is -0.156. The normalized spacial score (nSPS) is 16.4. The van der Waals surface area contributed by atoms with Gasteiger partial charge in [-0.2, -0.15) is 0 Å². The number of carboxylic acids is 1. The monoisotopic (exact) mass is 382 g/mol. The summed E-state index contributed by atoms with van der Waals surface area (Å²) in [6, 6.07) is 3.55. The van der Waals surface area contributed by atoms with Crippen molar-refractivity contribution in [2.24, 2.45) is 0 Å². The maximum absolute atomic E-state index is 14.2. The highest BCUT2D eigenvalue weighted by atomic mass is 19.1. The van der Waals surface area contributed by atoms with E-state index in [2.05, 4.69) is 5.32 Å². The van der Waals surface area contributed by atoms with Crippen molar-refractivity contribution in [1.29, 1.82) is 0 Å². The Hall–Kier alpha value is -2.52. The van der Waals surface area contributed by atoms with Gasteiger partial charge in [0, 0.05) is 19.6 Å². The third-order valence-electron chi connectivity index (χ3n) is 4.36. The molecule has 0 radical (unpaired) electrons. The topological polar surface area (TPSA) is 116 Å². The van der Waals surface area contributed by atoms with Crippen LogP contribution in [0.15, 0.2) is 18.2 Å². The van der Waals surface area contributed by atoms with Gasteiger partial charge in [0.15, 0.2) is 6.10 Å². The number of benzene rings is 1. The summed E-state index contributed by atoms with van der Waals surface area (Å²) in [5.41, 5.74) is -0.0237. The lowest BCUT2D eigenvalue weighted by Crippen LogP contribution is -2.36. The summed E-state index contributed by atoms with van der Waals surface area (Å²) < 4.78 is 19.6. The largest absolute Gasteiger partial charge is 0.479 e. The number of piperidine rings is 1. The van der Waals surface area contributed by atoms with Crippen molar-refractivity contribution in [3.8, 4) is 0 Å². The van der Waals surface area contributed by atoms with Gasteiger partial charge in [0.05, 0.1) is 12.2 Å². The van der Waals surface area contributed by atoms with E-state index in [0.29, 0.717) is 19.5 Å². The summed E-state index contributed by atoms with van der Waals surface area (Å²) in [5, 5.41) is 21.4. The quantitative estimate of drug-likeness (QED) is 0.428. The molecule has 148 valence electrons. The Kier molecular flexibility index (Phi) is 7.68. The second-order valence-corrected chi connectivity index (χ2v) is 6.24. The van der Waals surface area contributed by atoms with Crippen LogP contribution < -0.4 is 5.32 Å². The number of rotatable bonds is 9. The molecule has 1 aliphatic rings. The number of ether oxygens (including phenoxy) is 1. The van der Waals surface area contributed by atoms with Crippen molar-refractivity contribution in [1.82, 2.24) is 10.2 Å². The number of carbonyl (C=O) groups is 3. The van der Waals surface area contributed by atoms with Gasteiger partial charge in [0.25, 0.3) is 5.91 Å². The first-order valence-electron chi connectivity index (χ1n) is 8.74. The van der Waals surface area contributed by atoms with Crippen LogP contribution in [0, 0.1) is 5.82 Å². The lowest BCUT2D eigenvalue weighted by Gasteiger charge is -2.27. The highest BCUT2D eigenvalue weighted by molar-refractivity contribution is 5.94. The van der Waals surface area contributed by atoms with E-state index in [1.165, 1.54) is 12.1 Å². The van der Waals surface area contributed by atoms with Gasteiger partial charge in [-0.05, 0) is 37.0 Å². The van der Waals surface area contributed by atoms with Crippen LogP contribution in [0.3, 0.4) is 0 Å². The Morgan fingerprint density at radius 1 is 1.30 bits per heavy atom. The summed E-state index contributed by atoms with van der Waals surface area (Å²) in [6.45, 7) is 1.11. The Labute approximate surface area is 155 Å². The van der Waals surface area contributed by atoms with Crippen LogP contribution in [0.4, 0.5) is 4.39 Å².